The maximum atomic E-state index is 12.8. The number of amides is 2. The van der Waals surface area contributed by atoms with E-state index in [4.69, 9.17) is 24.7 Å². The van der Waals surface area contributed by atoms with Crippen LogP contribution < -0.4 is 25.8 Å². The van der Waals surface area contributed by atoms with E-state index < -0.39 is 30.3 Å². The average molecular weight is 523 g/mol. The highest BCUT2D eigenvalue weighted by molar-refractivity contribution is 6.00. The molecule has 12 heteroatoms. The highest BCUT2D eigenvalue weighted by atomic mass is 16.5. The van der Waals surface area contributed by atoms with E-state index >= 15 is 0 Å². The number of nitrogens with zero attached hydrogens (tertiary/aromatic N) is 1. The third-order valence-corrected chi connectivity index (χ3v) is 5.55. The number of rotatable bonds is 8. The van der Waals surface area contributed by atoms with Crippen LogP contribution in [0.5, 0.6) is 11.5 Å². The second-order valence-corrected chi connectivity index (χ2v) is 7.78. The largest absolute Gasteiger partial charge is 0.493 e. The van der Waals surface area contributed by atoms with Crippen LogP contribution in [0.1, 0.15) is 17.9 Å². The van der Waals surface area contributed by atoms with Crippen molar-refractivity contribution in [1.29, 1.82) is 5.26 Å². The molecule has 38 heavy (non-hydrogen) atoms. The first-order valence-electron chi connectivity index (χ1n) is 11.1. The van der Waals surface area contributed by atoms with Crippen molar-refractivity contribution in [2.24, 2.45) is 5.73 Å². The molecule has 0 aliphatic carbocycles. The number of hydrogen-bond acceptors (Lipinski definition) is 10. The smallest absolute Gasteiger partial charge is 0.338 e. The van der Waals surface area contributed by atoms with Crippen molar-refractivity contribution in [2.75, 3.05) is 39.1 Å². The minimum atomic E-state index is -1.03. The summed E-state index contributed by atoms with van der Waals surface area (Å²) in [6.07, 6.45) is -0.414. The summed E-state index contributed by atoms with van der Waals surface area (Å²) < 4.78 is 25.5. The third-order valence-electron chi connectivity index (χ3n) is 5.55. The van der Waals surface area contributed by atoms with E-state index in [1.807, 2.05) is 6.07 Å². The number of nitriles is 1. The molecular weight excluding hydrogens is 496 g/mol. The van der Waals surface area contributed by atoms with Gasteiger partial charge in [-0.25, -0.2) is 9.59 Å². The fraction of sp³-hybridized carbons (Fsp3) is 0.231. The van der Waals surface area contributed by atoms with Gasteiger partial charge in [0.05, 0.1) is 39.9 Å². The van der Waals surface area contributed by atoms with Crippen LogP contribution in [-0.4, -0.2) is 46.4 Å². The number of nitrogens with one attached hydrogen (secondary N) is 2. The Balaban J connectivity index is 1.94. The highest BCUT2D eigenvalue weighted by Gasteiger charge is 2.38. The Morgan fingerprint density at radius 3 is 2.26 bits per heavy atom. The van der Waals surface area contributed by atoms with Gasteiger partial charge in [-0.1, -0.05) is 12.1 Å². The maximum absolute atomic E-state index is 12.8. The molecule has 0 spiro atoms. The van der Waals surface area contributed by atoms with E-state index in [2.05, 4.69) is 15.4 Å². The fourth-order valence-corrected chi connectivity index (χ4v) is 3.82. The minimum Gasteiger partial charge on any atom is -0.493 e. The summed E-state index contributed by atoms with van der Waals surface area (Å²) in [5.74, 6) is -1.97. The van der Waals surface area contributed by atoms with Crippen molar-refractivity contribution in [3.63, 3.8) is 0 Å². The number of esters is 2. The molecule has 1 aliphatic heterocycles. The molecule has 0 fully saturated rings. The van der Waals surface area contributed by atoms with Gasteiger partial charge in [-0.05, 0) is 29.8 Å². The number of carbonyl (C=O) groups is 3. The monoisotopic (exact) mass is 522 g/mol. The fourth-order valence-electron chi connectivity index (χ4n) is 3.82. The molecule has 1 atom stereocenters. The molecule has 4 N–H and O–H groups in total. The second kappa shape index (κ2) is 12.2. The number of methoxy groups -OCH3 is 4. The van der Waals surface area contributed by atoms with Gasteiger partial charge in [0.2, 0.25) is 5.88 Å². The van der Waals surface area contributed by atoms with Gasteiger partial charge >= 0.3 is 18.0 Å². The van der Waals surface area contributed by atoms with E-state index in [-0.39, 0.29) is 22.8 Å². The Bertz CT molecular complexity index is 1360. The van der Waals surface area contributed by atoms with E-state index in [0.717, 1.165) is 7.11 Å². The standard InChI is InChI=1S/C26H26N4O8/c1-34-18-9-8-16(11-19(18)35-2)30-26(33)29-15-7-5-6-14(10-15)22-17(13-27)24(28)38-20(12-21(31)36-3)23(22)25(32)37-4/h5-11,22H,12,28H2,1-4H3,(H2,29,30,33). The zero-order chi connectivity index (χ0) is 27.8. The molecule has 2 aromatic carbocycles. The van der Waals surface area contributed by atoms with E-state index in [1.165, 1.54) is 21.3 Å². The van der Waals surface area contributed by atoms with Crippen molar-refractivity contribution in [1.82, 2.24) is 0 Å². The second-order valence-electron chi connectivity index (χ2n) is 7.78. The van der Waals surface area contributed by atoms with Gasteiger partial charge in [0.25, 0.3) is 0 Å². The van der Waals surface area contributed by atoms with Crippen LogP contribution in [0.25, 0.3) is 0 Å². The number of anilines is 2. The lowest BCUT2D eigenvalue weighted by atomic mass is 9.82. The van der Waals surface area contributed by atoms with Crippen LogP contribution in [0.15, 0.2) is 65.3 Å². The summed E-state index contributed by atoms with van der Waals surface area (Å²) in [4.78, 5) is 37.4. The Morgan fingerprint density at radius 2 is 1.66 bits per heavy atom. The first-order valence-corrected chi connectivity index (χ1v) is 11.1. The average Bonchev–Trinajstić information content (AvgIpc) is 2.92. The van der Waals surface area contributed by atoms with Crippen LogP contribution in [0, 0.1) is 11.3 Å². The topological polar surface area (TPSA) is 171 Å². The molecule has 0 saturated carbocycles. The Hall–Kier alpha value is -5.18. The normalized spacial score (nSPS) is 14.6. The highest BCUT2D eigenvalue weighted by Crippen LogP contribution is 2.41. The molecule has 1 heterocycles. The van der Waals surface area contributed by atoms with E-state index in [1.54, 1.807) is 42.5 Å². The molecule has 198 valence electrons. The molecular formula is C26H26N4O8. The number of hydrogen-bond donors (Lipinski definition) is 3. The van der Waals surface area contributed by atoms with Crippen LogP contribution in [0.2, 0.25) is 0 Å². The third kappa shape index (κ3) is 5.96. The molecule has 3 rings (SSSR count). The van der Waals surface area contributed by atoms with Crippen molar-refractivity contribution in [2.45, 2.75) is 12.3 Å². The predicted molar refractivity (Wildman–Crippen MR) is 135 cm³/mol. The van der Waals surface area contributed by atoms with Gasteiger partial charge in [-0.15, -0.1) is 0 Å². The summed E-state index contributed by atoms with van der Waals surface area (Å²) in [6.45, 7) is 0. The summed E-state index contributed by atoms with van der Waals surface area (Å²) in [6, 6.07) is 12.7. The van der Waals surface area contributed by atoms with E-state index in [0.29, 0.717) is 28.4 Å². The van der Waals surface area contributed by atoms with Crippen molar-refractivity contribution < 1.29 is 38.1 Å². The Labute approximate surface area is 218 Å². The molecule has 2 amide bonds. The van der Waals surface area contributed by atoms with Crippen molar-refractivity contribution in [3.05, 3.63) is 70.8 Å². The first kappa shape index (κ1) is 27.4. The number of ether oxygens (including phenoxy) is 5. The molecule has 1 unspecified atom stereocenters. The van der Waals surface area contributed by atoms with Crippen LogP contribution >= 0.6 is 0 Å². The van der Waals surface area contributed by atoms with Crippen molar-refractivity contribution in [3.8, 4) is 17.6 Å². The van der Waals surface area contributed by atoms with Crippen molar-refractivity contribution >= 4 is 29.3 Å². The molecule has 0 aromatic heterocycles. The van der Waals surface area contributed by atoms with Crippen LogP contribution in [-0.2, 0) is 23.8 Å². The van der Waals surface area contributed by atoms with Crippen LogP contribution in [0.4, 0.5) is 16.2 Å². The molecule has 0 saturated heterocycles. The Kier molecular flexibility index (Phi) is 8.78. The zero-order valence-corrected chi connectivity index (χ0v) is 21.1. The van der Waals surface area contributed by atoms with Gasteiger partial charge in [0.1, 0.15) is 23.8 Å². The number of urea groups is 1. The molecule has 2 aromatic rings. The number of allylic oxidation sites excluding steroid dienone is 1. The van der Waals surface area contributed by atoms with Gasteiger partial charge in [0, 0.05) is 17.4 Å². The van der Waals surface area contributed by atoms with E-state index in [9.17, 15) is 19.6 Å². The number of carbonyl (C=O) groups excluding carboxylic acids is 3. The van der Waals surface area contributed by atoms with Gasteiger partial charge < -0.3 is 40.1 Å². The maximum Gasteiger partial charge on any atom is 0.338 e. The van der Waals surface area contributed by atoms with Gasteiger partial charge in [-0.2, -0.15) is 5.26 Å². The van der Waals surface area contributed by atoms with Gasteiger partial charge in [0.15, 0.2) is 11.5 Å². The first-order chi connectivity index (χ1) is 18.3. The zero-order valence-electron chi connectivity index (χ0n) is 21.1. The minimum absolute atomic E-state index is 0.0639. The van der Waals surface area contributed by atoms with Crippen LogP contribution in [0.3, 0.4) is 0 Å². The summed E-state index contributed by atoms with van der Waals surface area (Å²) >= 11 is 0. The number of nitrogens with two attached hydrogens (primary N) is 1. The summed E-state index contributed by atoms with van der Waals surface area (Å²) in [5.41, 5.74) is 7.04. The molecule has 12 nitrogen and oxygen atoms in total. The predicted octanol–water partition coefficient (Wildman–Crippen LogP) is 3.15. The molecule has 0 bridgehead atoms. The SMILES string of the molecule is COC(=O)CC1=C(C(=O)OC)C(c2cccc(NC(=O)Nc3ccc(OC)c(OC)c3)c2)C(C#N)=C(N)O1. The molecule has 1 aliphatic rings. The lowest BCUT2D eigenvalue weighted by Gasteiger charge is -2.27. The number of benzene rings is 2. The quantitative estimate of drug-likeness (QED) is 0.437. The summed E-state index contributed by atoms with van der Waals surface area (Å²) in [5, 5.41) is 15.2. The lowest BCUT2D eigenvalue weighted by molar-refractivity contribution is -0.140. The van der Waals surface area contributed by atoms with Gasteiger partial charge in [-0.3, -0.25) is 4.79 Å². The summed E-state index contributed by atoms with van der Waals surface area (Å²) in [7, 11) is 5.33. The molecule has 0 radical (unpaired) electrons. The Morgan fingerprint density at radius 1 is 0.974 bits per heavy atom. The lowest BCUT2D eigenvalue weighted by Crippen LogP contribution is -2.27.